The summed E-state index contributed by atoms with van der Waals surface area (Å²) in [5.74, 6) is 1.95. The molecule has 4 rings (SSSR count). The zero-order valence-corrected chi connectivity index (χ0v) is 16.9. The van der Waals surface area contributed by atoms with Crippen molar-refractivity contribution in [3.05, 3.63) is 65.2 Å². The summed E-state index contributed by atoms with van der Waals surface area (Å²) in [6.07, 6.45) is 5.59. The van der Waals surface area contributed by atoms with Crippen LogP contribution in [-0.4, -0.2) is 30.8 Å². The molecule has 0 amide bonds. The van der Waals surface area contributed by atoms with Crippen LogP contribution in [0.25, 0.3) is 17.2 Å². The quantitative estimate of drug-likeness (QED) is 0.477. The molecular formula is C21H22ClN5O. The molecular weight excluding hydrogens is 374 g/mol. The molecule has 0 fully saturated rings. The Bertz CT molecular complexity index is 1080. The maximum Gasteiger partial charge on any atom is 0.234 e. The van der Waals surface area contributed by atoms with Crippen LogP contribution in [0.2, 0.25) is 5.02 Å². The minimum Gasteiger partial charge on any atom is -0.493 e. The van der Waals surface area contributed by atoms with Crippen molar-refractivity contribution < 1.29 is 4.74 Å². The van der Waals surface area contributed by atoms with Crippen molar-refractivity contribution in [2.45, 2.75) is 27.3 Å². The normalized spacial score (nSPS) is 11.5. The zero-order chi connectivity index (χ0) is 19.7. The molecule has 144 valence electrons. The van der Waals surface area contributed by atoms with E-state index >= 15 is 0 Å². The van der Waals surface area contributed by atoms with Crippen LogP contribution in [-0.2, 0) is 6.54 Å². The van der Waals surface area contributed by atoms with Crippen LogP contribution >= 0.6 is 11.6 Å². The molecule has 0 aliphatic rings. The molecule has 0 radical (unpaired) electrons. The third kappa shape index (κ3) is 3.87. The second-order valence-corrected chi connectivity index (χ2v) is 7.68. The molecule has 4 aromatic rings. The van der Waals surface area contributed by atoms with E-state index in [9.17, 15) is 0 Å². The van der Waals surface area contributed by atoms with Gasteiger partial charge in [0.1, 0.15) is 17.1 Å². The van der Waals surface area contributed by atoms with E-state index in [1.165, 1.54) is 0 Å². The highest BCUT2D eigenvalue weighted by atomic mass is 35.5. The van der Waals surface area contributed by atoms with E-state index in [1.807, 2.05) is 58.7 Å². The Labute approximate surface area is 168 Å². The summed E-state index contributed by atoms with van der Waals surface area (Å²) < 4.78 is 9.81. The fourth-order valence-corrected chi connectivity index (χ4v) is 3.17. The SMILES string of the molecule is Cc1cc(-c2cn3cccnc3n2)nn1Cc1cc(Cl)ccc1OCC(C)C. The van der Waals surface area contributed by atoms with Gasteiger partial charge in [-0.1, -0.05) is 25.4 Å². The second-order valence-electron chi connectivity index (χ2n) is 7.24. The van der Waals surface area contributed by atoms with E-state index in [-0.39, 0.29) is 0 Å². The van der Waals surface area contributed by atoms with Crippen LogP contribution in [0.4, 0.5) is 0 Å². The van der Waals surface area contributed by atoms with Gasteiger partial charge in [0.05, 0.1) is 13.2 Å². The molecule has 0 saturated carbocycles. The van der Waals surface area contributed by atoms with Crippen LogP contribution in [0, 0.1) is 12.8 Å². The van der Waals surface area contributed by atoms with Crippen LogP contribution in [0.3, 0.4) is 0 Å². The standard InChI is InChI=1S/C21H22ClN5O/c1-14(2)13-28-20-6-5-17(22)10-16(20)11-27-15(3)9-18(25-27)19-12-26-8-4-7-23-21(26)24-19/h4-10,12,14H,11,13H2,1-3H3. The van der Waals surface area contributed by atoms with Crippen molar-refractivity contribution in [2.24, 2.45) is 5.92 Å². The molecule has 6 nitrogen and oxygen atoms in total. The Balaban J connectivity index is 1.63. The van der Waals surface area contributed by atoms with Gasteiger partial charge in [0.15, 0.2) is 0 Å². The summed E-state index contributed by atoms with van der Waals surface area (Å²) >= 11 is 6.23. The van der Waals surface area contributed by atoms with Gasteiger partial charge in [-0.3, -0.25) is 9.08 Å². The van der Waals surface area contributed by atoms with Gasteiger partial charge in [-0.2, -0.15) is 5.10 Å². The smallest absolute Gasteiger partial charge is 0.234 e. The number of rotatable bonds is 6. The minimum absolute atomic E-state index is 0.449. The lowest BCUT2D eigenvalue weighted by Crippen LogP contribution is -2.09. The molecule has 0 saturated heterocycles. The average molecular weight is 396 g/mol. The molecule has 28 heavy (non-hydrogen) atoms. The molecule has 0 spiro atoms. The summed E-state index contributed by atoms with van der Waals surface area (Å²) in [6, 6.07) is 9.62. The molecule has 0 N–H and O–H groups in total. The van der Waals surface area contributed by atoms with Crippen LogP contribution in [0.5, 0.6) is 5.75 Å². The molecule has 0 unspecified atom stereocenters. The lowest BCUT2D eigenvalue weighted by Gasteiger charge is -2.14. The molecule has 0 bridgehead atoms. The number of ether oxygens (including phenoxy) is 1. The first-order valence-corrected chi connectivity index (χ1v) is 9.63. The van der Waals surface area contributed by atoms with Gasteiger partial charge in [0.25, 0.3) is 0 Å². The van der Waals surface area contributed by atoms with Gasteiger partial charge in [0.2, 0.25) is 5.78 Å². The summed E-state index contributed by atoms with van der Waals surface area (Å²) in [5.41, 5.74) is 3.65. The third-order valence-corrected chi connectivity index (χ3v) is 4.63. The molecule has 7 heteroatoms. The van der Waals surface area contributed by atoms with Crippen LogP contribution < -0.4 is 4.74 Å². The number of imidazole rings is 1. The number of fused-ring (bicyclic) bond motifs is 1. The number of benzene rings is 1. The monoisotopic (exact) mass is 395 g/mol. The second kappa shape index (κ2) is 7.64. The number of nitrogens with zero attached hydrogens (tertiary/aromatic N) is 5. The number of aryl methyl sites for hydroxylation is 1. The zero-order valence-electron chi connectivity index (χ0n) is 16.1. The highest BCUT2D eigenvalue weighted by molar-refractivity contribution is 6.30. The van der Waals surface area contributed by atoms with E-state index < -0.39 is 0 Å². The van der Waals surface area contributed by atoms with Gasteiger partial charge >= 0.3 is 0 Å². The first-order valence-electron chi connectivity index (χ1n) is 9.25. The largest absolute Gasteiger partial charge is 0.493 e. The first kappa shape index (κ1) is 18.5. The maximum absolute atomic E-state index is 6.23. The van der Waals surface area contributed by atoms with Gasteiger partial charge in [-0.25, -0.2) is 9.97 Å². The molecule has 0 atom stereocenters. The predicted molar refractivity (Wildman–Crippen MR) is 110 cm³/mol. The summed E-state index contributed by atoms with van der Waals surface area (Å²) in [4.78, 5) is 8.82. The molecule has 3 aromatic heterocycles. The summed E-state index contributed by atoms with van der Waals surface area (Å²) in [7, 11) is 0. The molecule has 3 heterocycles. The van der Waals surface area contributed by atoms with Crippen molar-refractivity contribution in [3.8, 4) is 17.1 Å². The van der Waals surface area contributed by atoms with Gasteiger partial charge < -0.3 is 4.74 Å². The Morgan fingerprint density at radius 3 is 2.82 bits per heavy atom. The summed E-state index contributed by atoms with van der Waals surface area (Å²) in [6.45, 7) is 7.52. The molecule has 0 aliphatic heterocycles. The van der Waals surface area contributed by atoms with E-state index in [1.54, 1.807) is 6.20 Å². The van der Waals surface area contributed by atoms with Crippen LogP contribution in [0.1, 0.15) is 25.1 Å². The average Bonchev–Trinajstić information content (AvgIpc) is 3.24. The van der Waals surface area contributed by atoms with Crippen molar-refractivity contribution in [3.63, 3.8) is 0 Å². The highest BCUT2D eigenvalue weighted by Gasteiger charge is 2.13. The number of halogens is 1. The maximum atomic E-state index is 6.23. The topological polar surface area (TPSA) is 57.2 Å². The van der Waals surface area contributed by atoms with Crippen molar-refractivity contribution in [2.75, 3.05) is 6.61 Å². The Kier molecular flexibility index (Phi) is 5.05. The Morgan fingerprint density at radius 1 is 1.18 bits per heavy atom. The minimum atomic E-state index is 0.449. The van der Waals surface area contributed by atoms with Crippen molar-refractivity contribution in [1.29, 1.82) is 0 Å². The molecule has 0 aliphatic carbocycles. The fourth-order valence-electron chi connectivity index (χ4n) is 2.98. The number of hydrogen-bond donors (Lipinski definition) is 0. The third-order valence-electron chi connectivity index (χ3n) is 4.39. The number of hydrogen-bond acceptors (Lipinski definition) is 4. The van der Waals surface area contributed by atoms with Crippen LogP contribution in [0.15, 0.2) is 48.9 Å². The van der Waals surface area contributed by atoms with Gasteiger partial charge in [-0.05, 0) is 43.2 Å². The highest BCUT2D eigenvalue weighted by Crippen LogP contribution is 2.26. The van der Waals surface area contributed by atoms with Crippen molar-refractivity contribution in [1.82, 2.24) is 24.1 Å². The van der Waals surface area contributed by atoms with E-state index in [4.69, 9.17) is 21.4 Å². The van der Waals surface area contributed by atoms with E-state index in [0.717, 1.165) is 28.4 Å². The van der Waals surface area contributed by atoms with E-state index in [0.29, 0.717) is 29.9 Å². The van der Waals surface area contributed by atoms with E-state index in [2.05, 4.69) is 23.8 Å². The van der Waals surface area contributed by atoms with Crippen molar-refractivity contribution >= 4 is 17.4 Å². The number of aromatic nitrogens is 5. The fraction of sp³-hybridized carbons (Fsp3) is 0.286. The lowest BCUT2D eigenvalue weighted by atomic mass is 10.2. The first-order chi connectivity index (χ1) is 13.5. The summed E-state index contributed by atoms with van der Waals surface area (Å²) in [5, 5.41) is 5.43. The lowest BCUT2D eigenvalue weighted by molar-refractivity contribution is 0.268. The van der Waals surface area contributed by atoms with Gasteiger partial charge in [0, 0.05) is 34.9 Å². The Morgan fingerprint density at radius 2 is 2.04 bits per heavy atom. The van der Waals surface area contributed by atoms with Gasteiger partial charge in [-0.15, -0.1) is 0 Å². The molecule has 1 aromatic carbocycles. The predicted octanol–water partition coefficient (Wildman–Crippen LogP) is 4.64. The Hall–Kier alpha value is -2.86.